The highest BCUT2D eigenvalue weighted by Gasteiger charge is 2.22. The molecule has 0 bridgehead atoms. The lowest BCUT2D eigenvalue weighted by molar-refractivity contribution is -0.159. The zero-order chi connectivity index (χ0) is 12.9. The minimum atomic E-state index is -0.394. The summed E-state index contributed by atoms with van der Waals surface area (Å²) in [7, 11) is 0. The Morgan fingerprint density at radius 1 is 1.19 bits per heavy atom. The average molecular weight is 229 g/mol. The van der Waals surface area contributed by atoms with Gasteiger partial charge in [0.1, 0.15) is 5.60 Å². The fraction of sp³-hybridized carbons (Fsp3) is 0.923. The molecule has 0 saturated carbocycles. The first-order chi connectivity index (χ1) is 7.13. The molecule has 0 aromatic rings. The third-order valence-electron chi connectivity index (χ3n) is 2.56. The third kappa shape index (κ3) is 6.83. The molecule has 3 heteroatoms. The lowest BCUT2D eigenvalue weighted by Gasteiger charge is -2.24. The Morgan fingerprint density at radius 2 is 1.69 bits per heavy atom. The molecule has 96 valence electrons. The van der Waals surface area contributed by atoms with Gasteiger partial charge >= 0.3 is 5.97 Å². The van der Waals surface area contributed by atoms with Crippen LogP contribution in [-0.4, -0.2) is 24.2 Å². The highest BCUT2D eigenvalue weighted by atomic mass is 16.6. The maximum atomic E-state index is 11.7. The topological polar surface area (TPSA) is 38.3 Å². The molecule has 2 atom stereocenters. The van der Waals surface area contributed by atoms with E-state index in [2.05, 4.69) is 26.1 Å². The monoisotopic (exact) mass is 229 g/mol. The van der Waals surface area contributed by atoms with E-state index in [9.17, 15) is 4.79 Å². The Morgan fingerprint density at radius 3 is 2.06 bits per heavy atom. The zero-order valence-corrected chi connectivity index (χ0v) is 11.8. The molecule has 0 unspecified atom stereocenters. The molecule has 0 aliphatic carbocycles. The fourth-order valence-electron chi connectivity index (χ4n) is 1.08. The molecule has 0 aromatic carbocycles. The second kappa shape index (κ2) is 6.24. The predicted molar refractivity (Wildman–Crippen MR) is 67.3 cm³/mol. The molecular weight excluding hydrogens is 202 g/mol. The van der Waals surface area contributed by atoms with Gasteiger partial charge in [-0.05, 0) is 33.6 Å². The van der Waals surface area contributed by atoms with E-state index in [0.717, 1.165) is 0 Å². The molecule has 0 saturated heterocycles. The smallest absolute Gasteiger partial charge is 0.310 e. The van der Waals surface area contributed by atoms with Gasteiger partial charge in [0.25, 0.3) is 0 Å². The van der Waals surface area contributed by atoms with Gasteiger partial charge in [-0.3, -0.25) is 4.79 Å². The van der Waals surface area contributed by atoms with Gasteiger partial charge < -0.3 is 10.1 Å². The summed E-state index contributed by atoms with van der Waals surface area (Å²) in [6.45, 7) is 14.7. The summed E-state index contributed by atoms with van der Waals surface area (Å²) in [5.41, 5.74) is -0.394. The standard InChI is InChI=1S/C13H27NO2/c1-9(2)11(4)14-8-10(3)12(15)16-13(5,6)7/h9-11,14H,8H2,1-7H3/t10-,11+/m0/s1. The first kappa shape index (κ1) is 15.4. The van der Waals surface area contributed by atoms with Gasteiger partial charge in [-0.2, -0.15) is 0 Å². The Bertz CT molecular complexity index is 218. The van der Waals surface area contributed by atoms with E-state index in [1.807, 2.05) is 27.7 Å². The normalized spacial score (nSPS) is 16.0. The van der Waals surface area contributed by atoms with Crippen LogP contribution in [0.3, 0.4) is 0 Å². The molecule has 16 heavy (non-hydrogen) atoms. The highest BCUT2D eigenvalue weighted by molar-refractivity contribution is 5.72. The largest absolute Gasteiger partial charge is 0.460 e. The van der Waals surface area contributed by atoms with Crippen molar-refractivity contribution in [2.75, 3.05) is 6.54 Å². The molecule has 0 aliphatic rings. The maximum absolute atomic E-state index is 11.7. The van der Waals surface area contributed by atoms with Crippen LogP contribution in [0.5, 0.6) is 0 Å². The number of esters is 1. The molecule has 0 aromatic heterocycles. The number of hydrogen-bond acceptors (Lipinski definition) is 3. The van der Waals surface area contributed by atoms with E-state index in [-0.39, 0.29) is 11.9 Å². The number of hydrogen-bond donors (Lipinski definition) is 1. The van der Waals surface area contributed by atoms with E-state index in [1.54, 1.807) is 0 Å². The minimum Gasteiger partial charge on any atom is -0.460 e. The van der Waals surface area contributed by atoms with Crippen LogP contribution in [-0.2, 0) is 9.53 Å². The van der Waals surface area contributed by atoms with Crippen molar-refractivity contribution >= 4 is 5.97 Å². The van der Waals surface area contributed by atoms with Gasteiger partial charge in [0, 0.05) is 12.6 Å². The first-order valence-electron chi connectivity index (χ1n) is 6.09. The molecule has 0 radical (unpaired) electrons. The molecular formula is C13H27NO2. The molecule has 0 rings (SSSR count). The van der Waals surface area contributed by atoms with Crippen molar-refractivity contribution in [3.05, 3.63) is 0 Å². The maximum Gasteiger partial charge on any atom is 0.310 e. The summed E-state index contributed by atoms with van der Waals surface area (Å²) in [5, 5.41) is 3.35. The van der Waals surface area contributed by atoms with Crippen molar-refractivity contribution < 1.29 is 9.53 Å². The van der Waals surface area contributed by atoms with Crippen molar-refractivity contribution in [3.63, 3.8) is 0 Å². The Labute approximate surface area is 99.9 Å². The molecule has 0 spiro atoms. The van der Waals surface area contributed by atoms with Crippen LogP contribution in [0.2, 0.25) is 0 Å². The van der Waals surface area contributed by atoms with Gasteiger partial charge in [-0.15, -0.1) is 0 Å². The Kier molecular flexibility index (Phi) is 6.01. The summed E-state index contributed by atoms with van der Waals surface area (Å²) in [6.07, 6.45) is 0. The highest BCUT2D eigenvalue weighted by Crippen LogP contribution is 2.11. The average Bonchev–Trinajstić information content (AvgIpc) is 2.10. The van der Waals surface area contributed by atoms with Crippen molar-refractivity contribution in [3.8, 4) is 0 Å². The van der Waals surface area contributed by atoms with Crippen LogP contribution in [0.1, 0.15) is 48.5 Å². The van der Waals surface area contributed by atoms with E-state index in [0.29, 0.717) is 18.5 Å². The summed E-state index contributed by atoms with van der Waals surface area (Å²) >= 11 is 0. The number of ether oxygens (including phenoxy) is 1. The fourth-order valence-corrected chi connectivity index (χ4v) is 1.08. The summed E-state index contributed by atoms with van der Waals surface area (Å²) in [6, 6.07) is 0.421. The van der Waals surface area contributed by atoms with Crippen molar-refractivity contribution in [2.45, 2.75) is 60.1 Å². The van der Waals surface area contributed by atoms with Crippen molar-refractivity contribution in [1.29, 1.82) is 0 Å². The number of nitrogens with one attached hydrogen (secondary N) is 1. The number of carbonyl (C=O) groups is 1. The van der Waals surface area contributed by atoms with E-state index < -0.39 is 5.60 Å². The summed E-state index contributed by atoms with van der Waals surface area (Å²) < 4.78 is 5.31. The number of rotatable bonds is 5. The molecule has 0 aliphatic heterocycles. The summed E-state index contributed by atoms with van der Waals surface area (Å²) in [4.78, 5) is 11.7. The van der Waals surface area contributed by atoms with E-state index in [1.165, 1.54) is 0 Å². The van der Waals surface area contributed by atoms with Crippen LogP contribution in [0.25, 0.3) is 0 Å². The second-order valence-corrected chi connectivity index (χ2v) is 5.88. The van der Waals surface area contributed by atoms with E-state index >= 15 is 0 Å². The number of carbonyl (C=O) groups excluding carboxylic acids is 1. The lowest BCUT2D eigenvalue weighted by atomic mass is 10.1. The van der Waals surface area contributed by atoms with Gasteiger partial charge in [-0.25, -0.2) is 0 Å². The van der Waals surface area contributed by atoms with Gasteiger partial charge in [0.15, 0.2) is 0 Å². The van der Waals surface area contributed by atoms with Crippen molar-refractivity contribution in [1.82, 2.24) is 5.32 Å². The van der Waals surface area contributed by atoms with Crippen LogP contribution < -0.4 is 5.32 Å². The minimum absolute atomic E-state index is 0.0968. The van der Waals surface area contributed by atoms with Gasteiger partial charge in [0.05, 0.1) is 5.92 Å². The van der Waals surface area contributed by atoms with Gasteiger partial charge in [0.2, 0.25) is 0 Å². The van der Waals surface area contributed by atoms with Crippen molar-refractivity contribution in [2.24, 2.45) is 11.8 Å². The van der Waals surface area contributed by atoms with Gasteiger partial charge in [-0.1, -0.05) is 20.8 Å². The quantitative estimate of drug-likeness (QED) is 0.736. The molecule has 0 amide bonds. The van der Waals surface area contributed by atoms with Crippen LogP contribution in [0.15, 0.2) is 0 Å². The Balaban J connectivity index is 3.98. The molecule has 1 N–H and O–H groups in total. The summed E-state index contributed by atoms with van der Waals surface area (Å²) in [5.74, 6) is 0.349. The van der Waals surface area contributed by atoms with Crippen LogP contribution in [0, 0.1) is 11.8 Å². The molecule has 0 fully saturated rings. The molecule has 3 nitrogen and oxygen atoms in total. The van der Waals surface area contributed by atoms with Crippen LogP contribution >= 0.6 is 0 Å². The predicted octanol–water partition coefficient (Wildman–Crippen LogP) is 2.60. The first-order valence-corrected chi connectivity index (χ1v) is 6.09. The van der Waals surface area contributed by atoms with Crippen LogP contribution in [0.4, 0.5) is 0 Å². The second-order valence-electron chi connectivity index (χ2n) is 5.88. The zero-order valence-electron chi connectivity index (χ0n) is 11.8. The SMILES string of the molecule is CC(C)[C@@H](C)NC[C@H](C)C(=O)OC(C)(C)C. The van der Waals surface area contributed by atoms with E-state index in [4.69, 9.17) is 4.74 Å². The Hall–Kier alpha value is -0.570. The lowest BCUT2D eigenvalue weighted by Crippen LogP contribution is -2.38. The molecule has 0 heterocycles. The third-order valence-corrected chi connectivity index (χ3v) is 2.56.